The number of amides is 1. The third kappa shape index (κ3) is 4.91. The van der Waals surface area contributed by atoms with Gasteiger partial charge in [0.1, 0.15) is 6.04 Å². The first-order valence-electron chi connectivity index (χ1n) is 6.13. The van der Waals surface area contributed by atoms with Crippen molar-refractivity contribution < 1.29 is 18.3 Å². The lowest BCUT2D eigenvalue weighted by atomic mass is 10.0. The molecule has 106 valence electrons. The molecule has 0 aromatic heterocycles. The second-order valence-electron chi connectivity index (χ2n) is 5.30. The van der Waals surface area contributed by atoms with Gasteiger partial charge in [0.05, 0.1) is 12.4 Å². The van der Waals surface area contributed by atoms with Crippen LogP contribution < -0.4 is 4.72 Å². The summed E-state index contributed by atoms with van der Waals surface area (Å²) in [6.07, 6.45) is 1.57. The van der Waals surface area contributed by atoms with Crippen molar-refractivity contribution in [3.8, 4) is 0 Å². The molecular weight excluding hydrogens is 256 g/mol. The highest BCUT2D eigenvalue weighted by molar-refractivity contribution is 7.88. The normalized spacial score (nSPS) is 22.5. The summed E-state index contributed by atoms with van der Waals surface area (Å²) in [6, 6.07) is -0.731. The quantitative estimate of drug-likeness (QED) is 0.713. The van der Waals surface area contributed by atoms with E-state index in [4.69, 9.17) is 0 Å². The van der Waals surface area contributed by atoms with Crippen molar-refractivity contribution in [3.63, 3.8) is 0 Å². The van der Waals surface area contributed by atoms with E-state index in [1.54, 1.807) is 0 Å². The molecule has 0 bridgehead atoms. The molecule has 1 aliphatic rings. The van der Waals surface area contributed by atoms with Crippen molar-refractivity contribution in [3.05, 3.63) is 0 Å². The molecule has 6 nitrogen and oxygen atoms in total. The Labute approximate surface area is 108 Å². The molecule has 1 aliphatic heterocycles. The minimum atomic E-state index is -3.42. The Morgan fingerprint density at radius 3 is 2.50 bits per heavy atom. The number of likely N-dealkylation sites (tertiary alicyclic amines) is 1. The van der Waals surface area contributed by atoms with Crippen LogP contribution in [-0.2, 0) is 14.8 Å². The summed E-state index contributed by atoms with van der Waals surface area (Å²) >= 11 is 0. The summed E-state index contributed by atoms with van der Waals surface area (Å²) in [5.74, 6) is -0.0357. The Bertz CT molecular complexity index is 394. The van der Waals surface area contributed by atoms with Crippen LogP contribution in [0.2, 0.25) is 0 Å². The summed E-state index contributed by atoms with van der Waals surface area (Å²) in [6.45, 7) is 4.64. The Balaban J connectivity index is 2.72. The van der Waals surface area contributed by atoms with E-state index >= 15 is 0 Å². The Morgan fingerprint density at radius 2 is 2.11 bits per heavy atom. The van der Waals surface area contributed by atoms with Crippen molar-refractivity contribution in [1.82, 2.24) is 9.62 Å². The summed E-state index contributed by atoms with van der Waals surface area (Å²) < 4.78 is 24.9. The van der Waals surface area contributed by atoms with Crippen LogP contribution in [0.3, 0.4) is 0 Å². The Kier molecular flexibility index (Phi) is 5.12. The van der Waals surface area contributed by atoms with E-state index in [0.717, 1.165) is 6.26 Å². The standard InChI is InChI=1S/C11H22N2O4S/c1-8(2)6-10(12-18(3,16)17)11(15)13-5-4-9(14)7-13/h8-10,12,14H,4-7H2,1-3H3. The van der Waals surface area contributed by atoms with Crippen LogP contribution in [0.5, 0.6) is 0 Å². The first-order chi connectivity index (χ1) is 8.19. The van der Waals surface area contributed by atoms with Crippen molar-refractivity contribution in [2.45, 2.75) is 38.8 Å². The number of nitrogens with one attached hydrogen (secondary N) is 1. The van der Waals surface area contributed by atoms with Crippen LogP contribution in [0, 0.1) is 5.92 Å². The first-order valence-corrected chi connectivity index (χ1v) is 8.02. The molecule has 0 saturated carbocycles. The molecule has 0 radical (unpaired) electrons. The second-order valence-corrected chi connectivity index (χ2v) is 7.08. The van der Waals surface area contributed by atoms with E-state index in [-0.39, 0.29) is 11.8 Å². The molecule has 2 atom stereocenters. The molecule has 7 heteroatoms. The van der Waals surface area contributed by atoms with E-state index < -0.39 is 22.2 Å². The van der Waals surface area contributed by atoms with E-state index in [1.165, 1.54) is 4.90 Å². The van der Waals surface area contributed by atoms with Gasteiger partial charge in [-0.05, 0) is 18.8 Å². The fourth-order valence-electron chi connectivity index (χ4n) is 2.09. The van der Waals surface area contributed by atoms with Crippen LogP contribution in [0.25, 0.3) is 0 Å². The minimum absolute atomic E-state index is 0.209. The van der Waals surface area contributed by atoms with Gasteiger partial charge in [0.15, 0.2) is 0 Å². The van der Waals surface area contributed by atoms with Gasteiger partial charge in [0, 0.05) is 13.1 Å². The first kappa shape index (κ1) is 15.4. The molecule has 1 amide bonds. The van der Waals surface area contributed by atoms with Gasteiger partial charge in [0.25, 0.3) is 0 Å². The summed E-state index contributed by atoms with van der Waals surface area (Å²) in [5.41, 5.74) is 0. The summed E-state index contributed by atoms with van der Waals surface area (Å²) in [4.78, 5) is 13.7. The lowest BCUT2D eigenvalue weighted by molar-refractivity contribution is -0.132. The smallest absolute Gasteiger partial charge is 0.240 e. The second kappa shape index (κ2) is 5.99. The predicted molar refractivity (Wildman–Crippen MR) is 68.4 cm³/mol. The van der Waals surface area contributed by atoms with Crippen LogP contribution in [0.15, 0.2) is 0 Å². The van der Waals surface area contributed by atoms with Gasteiger partial charge in [-0.1, -0.05) is 13.8 Å². The number of β-amino-alcohol motifs (C(OH)–C–C–N with tert-alkyl or cyclic N) is 1. The Morgan fingerprint density at radius 1 is 1.50 bits per heavy atom. The van der Waals surface area contributed by atoms with Gasteiger partial charge in [-0.15, -0.1) is 0 Å². The Hall–Kier alpha value is -0.660. The molecule has 0 aromatic carbocycles. The fraction of sp³-hybridized carbons (Fsp3) is 0.909. The fourth-order valence-corrected chi connectivity index (χ4v) is 2.81. The van der Waals surface area contributed by atoms with Gasteiger partial charge in [0.2, 0.25) is 15.9 Å². The number of carbonyl (C=O) groups excluding carboxylic acids is 1. The van der Waals surface area contributed by atoms with Crippen LogP contribution in [-0.4, -0.2) is 55.8 Å². The zero-order valence-corrected chi connectivity index (χ0v) is 11.9. The maximum absolute atomic E-state index is 12.2. The molecule has 0 spiro atoms. The van der Waals surface area contributed by atoms with Crippen molar-refractivity contribution >= 4 is 15.9 Å². The van der Waals surface area contributed by atoms with Gasteiger partial charge in [-0.25, -0.2) is 13.1 Å². The molecule has 1 saturated heterocycles. The minimum Gasteiger partial charge on any atom is -0.391 e. The highest BCUT2D eigenvalue weighted by atomic mass is 32.2. The monoisotopic (exact) mass is 278 g/mol. The third-order valence-corrected chi connectivity index (χ3v) is 3.55. The van der Waals surface area contributed by atoms with E-state index in [2.05, 4.69) is 4.72 Å². The number of carbonyl (C=O) groups is 1. The number of hydrogen-bond acceptors (Lipinski definition) is 4. The van der Waals surface area contributed by atoms with Gasteiger partial charge in [-0.3, -0.25) is 4.79 Å². The van der Waals surface area contributed by atoms with Gasteiger partial charge < -0.3 is 10.0 Å². The lowest BCUT2D eigenvalue weighted by Gasteiger charge is -2.24. The molecule has 0 aromatic rings. The maximum atomic E-state index is 12.2. The third-order valence-electron chi connectivity index (χ3n) is 2.84. The van der Waals surface area contributed by atoms with Crippen molar-refractivity contribution in [2.75, 3.05) is 19.3 Å². The molecule has 0 aliphatic carbocycles. The number of hydrogen-bond donors (Lipinski definition) is 2. The molecular formula is C11H22N2O4S. The number of aliphatic hydroxyl groups is 1. The highest BCUT2D eigenvalue weighted by Gasteiger charge is 2.31. The summed E-state index contributed by atoms with van der Waals surface area (Å²) in [5, 5.41) is 9.41. The van der Waals surface area contributed by atoms with E-state index in [9.17, 15) is 18.3 Å². The van der Waals surface area contributed by atoms with Gasteiger partial charge >= 0.3 is 0 Å². The summed E-state index contributed by atoms with van der Waals surface area (Å²) in [7, 11) is -3.42. The number of aliphatic hydroxyl groups excluding tert-OH is 1. The molecule has 1 fully saturated rings. The highest BCUT2D eigenvalue weighted by Crippen LogP contribution is 2.14. The maximum Gasteiger partial charge on any atom is 0.240 e. The number of rotatable bonds is 5. The molecule has 18 heavy (non-hydrogen) atoms. The molecule has 2 N–H and O–H groups in total. The molecule has 1 rings (SSSR count). The predicted octanol–water partition coefficient (Wildman–Crippen LogP) is -0.456. The molecule has 1 heterocycles. The SMILES string of the molecule is CC(C)CC(NS(C)(=O)=O)C(=O)N1CCC(O)C1. The van der Waals surface area contributed by atoms with Crippen LogP contribution in [0.4, 0.5) is 0 Å². The zero-order chi connectivity index (χ0) is 13.9. The van der Waals surface area contributed by atoms with Crippen molar-refractivity contribution in [1.29, 1.82) is 0 Å². The van der Waals surface area contributed by atoms with Crippen molar-refractivity contribution in [2.24, 2.45) is 5.92 Å². The van der Waals surface area contributed by atoms with Crippen LogP contribution >= 0.6 is 0 Å². The zero-order valence-electron chi connectivity index (χ0n) is 11.1. The van der Waals surface area contributed by atoms with Gasteiger partial charge in [-0.2, -0.15) is 0 Å². The number of sulfonamides is 1. The lowest BCUT2D eigenvalue weighted by Crippen LogP contribution is -2.48. The average Bonchev–Trinajstić information content (AvgIpc) is 2.59. The van der Waals surface area contributed by atoms with E-state index in [0.29, 0.717) is 25.9 Å². The topological polar surface area (TPSA) is 86.7 Å². The van der Waals surface area contributed by atoms with E-state index in [1.807, 2.05) is 13.8 Å². The molecule has 2 unspecified atom stereocenters. The average molecular weight is 278 g/mol. The largest absolute Gasteiger partial charge is 0.391 e. The van der Waals surface area contributed by atoms with Crippen LogP contribution in [0.1, 0.15) is 26.7 Å². The number of nitrogens with zero attached hydrogens (tertiary/aromatic N) is 1.